The summed E-state index contributed by atoms with van der Waals surface area (Å²) in [6.07, 6.45) is 4.08. The van der Waals surface area contributed by atoms with Gasteiger partial charge in [0, 0.05) is 18.5 Å². The van der Waals surface area contributed by atoms with Crippen molar-refractivity contribution >= 4 is 23.2 Å². The van der Waals surface area contributed by atoms with Crippen LogP contribution in [0.4, 0.5) is 13.2 Å². The van der Waals surface area contributed by atoms with Crippen molar-refractivity contribution in [1.82, 2.24) is 0 Å². The molecular weight excluding hydrogens is 352 g/mol. The molecule has 23 heavy (non-hydrogen) atoms. The van der Waals surface area contributed by atoms with Crippen molar-refractivity contribution in [3.05, 3.63) is 12.2 Å². The van der Waals surface area contributed by atoms with Crippen molar-refractivity contribution in [2.75, 3.05) is 6.61 Å². The van der Waals surface area contributed by atoms with E-state index in [0.29, 0.717) is 25.7 Å². The van der Waals surface area contributed by atoms with Gasteiger partial charge in [-0.1, -0.05) is 32.3 Å². The zero-order chi connectivity index (χ0) is 17.7. The zero-order valence-electron chi connectivity index (χ0n) is 13.0. The van der Waals surface area contributed by atoms with E-state index in [2.05, 4.69) is 6.58 Å². The van der Waals surface area contributed by atoms with Gasteiger partial charge in [-0.15, -0.1) is 0 Å². The monoisotopic (exact) mass is 374 g/mol. The molecule has 1 atom stereocenters. The fourth-order valence-electron chi connectivity index (χ4n) is 2.61. The number of alkyl halides is 3. The van der Waals surface area contributed by atoms with Crippen LogP contribution in [0.25, 0.3) is 0 Å². The standard InChI is InChI=1S/C14H22F3O4PS/c1-11(2)12(18)21-10-9-13(7-5-3-4-6-8-13)22-23(19,20)14(15,16)17/h22H,1,3-10H2,2H3. The highest BCUT2D eigenvalue weighted by molar-refractivity contribution is 8.44. The Morgan fingerprint density at radius 3 is 2.17 bits per heavy atom. The van der Waals surface area contributed by atoms with Crippen LogP contribution in [0, 0.1) is 0 Å². The minimum atomic E-state index is -5.24. The zero-order valence-corrected chi connectivity index (χ0v) is 14.9. The summed E-state index contributed by atoms with van der Waals surface area (Å²) in [4.78, 5) is 11.4. The number of rotatable bonds is 6. The molecule has 0 bridgehead atoms. The SMILES string of the molecule is C=C(C)C(=O)OCCC1(PS(=O)(=O)C(F)(F)F)CCCCCC1. The molecule has 0 aromatic carbocycles. The fraction of sp³-hybridized carbons (Fsp3) is 0.786. The summed E-state index contributed by atoms with van der Waals surface area (Å²) >= 11 is 0. The quantitative estimate of drug-likeness (QED) is 0.304. The van der Waals surface area contributed by atoms with Crippen molar-refractivity contribution in [2.24, 2.45) is 0 Å². The predicted octanol–water partition coefficient (Wildman–Crippen LogP) is 4.12. The van der Waals surface area contributed by atoms with E-state index in [4.69, 9.17) is 4.74 Å². The number of hydrogen-bond acceptors (Lipinski definition) is 4. The van der Waals surface area contributed by atoms with Gasteiger partial charge in [0.15, 0.2) is 0 Å². The fourth-order valence-corrected chi connectivity index (χ4v) is 7.04. The Balaban J connectivity index is 2.86. The molecule has 0 radical (unpaired) electrons. The van der Waals surface area contributed by atoms with Crippen molar-refractivity contribution in [1.29, 1.82) is 0 Å². The summed E-state index contributed by atoms with van der Waals surface area (Å²) in [6.45, 7) is 4.81. The van der Waals surface area contributed by atoms with Gasteiger partial charge in [0.2, 0.25) is 0 Å². The van der Waals surface area contributed by atoms with E-state index in [1.807, 2.05) is 0 Å². The van der Waals surface area contributed by atoms with E-state index in [-0.39, 0.29) is 18.6 Å². The molecule has 4 nitrogen and oxygen atoms in total. The third-order valence-electron chi connectivity index (χ3n) is 3.88. The first-order valence-electron chi connectivity index (χ1n) is 7.42. The summed E-state index contributed by atoms with van der Waals surface area (Å²) in [5, 5.41) is -0.958. The molecule has 1 rings (SSSR count). The Bertz CT molecular complexity index is 535. The minimum absolute atomic E-state index is 0.0912. The van der Waals surface area contributed by atoms with Crippen LogP contribution in [0.15, 0.2) is 12.2 Å². The second kappa shape index (κ2) is 7.97. The highest BCUT2D eigenvalue weighted by Crippen LogP contribution is 2.53. The van der Waals surface area contributed by atoms with Gasteiger partial charge in [0.05, 0.1) is 6.61 Å². The molecule has 0 heterocycles. The molecule has 1 fully saturated rings. The van der Waals surface area contributed by atoms with E-state index >= 15 is 0 Å². The van der Waals surface area contributed by atoms with Crippen molar-refractivity contribution in [3.63, 3.8) is 0 Å². The van der Waals surface area contributed by atoms with Crippen LogP contribution in [0.1, 0.15) is 51.9 Å². The second-order valence-corrected chi connectivity index (χ2v) is 10.9. The van der Waals surface area contributed by atoms with Gasteiger partial charge >= 0.3 is 11.5 Å². The van der Waals surface area contributed by atoms with Gasteiger partial charge in [0.1, 0.15) is 0 Å². The maximum absolute atomic E-state index is 12.7. The molecule has 1 unspecified atom stereocenters. The highest BCUT2D eigenvalue weighted by Gasteiger charge is 2.50. The van der Waals surface area contributed by atoms with Crippen LogP contribution in [0.2, 0.25) is 0 Å². The van der Waals surface area contributed by atoms with E-state index in [9.17, 15) is 26.4 Å². The van der Waals surface area contributed by atoms with Crippen molar-refractivity contribution < 1.29 is 31.1 Å². The minimum Gasteiger partial charge on any atom is -0.462 e. The Morgan fingerprint density at radius 2 is 1.74 bits per heavy atom. The van der Waals surface area contributed by atoms with Crippen molar-refractivity contribution in [2.45, 2.75) is 62.5 Å². The normalized spacial score (nSPS) is 19.5. The molecule has 0 aromatic rings. The van der Waals surface area contributed by atoms with Gasteiger partial charge in [-0.2, -0.15) is 13.2 Å². The lowest BCUT2D eigenvalue weighted by Gasteiger charge is -2.32. The number of carbonyl (C=O) groups excluding carboxylic acids is 1. The largest absolute Gasteiger partial charge is 0.500 e. The molecular formula is C14H22F3O4PS. The summed E-state index contributed by atoms with van der Waals surface area (Å²) in [7, 11) is -6.41. The van der Waals surface area contributed by atoms with Gasteiger partial charge in [-0.3, -0.25) is 0 Å². The Kier molecular flexibility index (Phi) is 7.08. The van der Waals surface area contributed by atoms with E-state index < -0.39 is 33.9 Å². The van der Waals surface area contributed by atoms with Crippen LogP contribution in [0.3, 0.4) is 0 Å². The van der Waals surface area contributed by atoms with Crippen LogP contribution in [0.5, 0.6) is 0 Å². The summed E-state index contributed by atoms with van der Waals surface area (Å²) in [5.41, 5.74) is -5.04. The van der Waals surface area contributed by atoms with Crippen LogP contribution in [-0.4, -0.2) is 31.7 Å². The maximum atomic E-state index is 12.7. The van der Waals surface area contributed by atoms with Crippen LogP contribution in [-0.2, 0) is 19.0 Å². The number of hydrogen-bond donors (Lipinski definition) is 0. The second-order valence-electron chi connectivity index (χ2n) is 5.91. The van der Waals surface area contributed by atoms with E-state index in [0.717, 1.165) is 12.8 Å². The molecule has 1 saturated carbocycles. The smallest absolute Gasteiger partial charge is 0.462 e. The van der Waals surface area contributed by atoms with Gasteiger partial charge in [-0.25, -0.2) is 13.2 Å². The van der Waals surface area contributed by atoms with Gasteiger partial charge in [-0.05, 0) is 26.2 Å². The average Bonchev–Trinajstić information content (AvgIpc) is 2.62. The Morgan fingerprint density at radius 1 is 1.22 bits per heavy atom. The van der Waals surface area contributed by atoms with E-state index in [1.165, 1.54) is 6.92 Å². The number of carbonyl (C=O) groups is 1. The lowest BCUT2D eigenvalue weighted by Crippen LogP contribution is -2.31. The topological polar surface area (TPSA) is 60.4 Å². The molecule has 0 amide bonds. The summed E-state index contributed by atoms with van der Waals surface area (Å²) in [6, 6.07) is 0. The number of halogens is 3. The van der Waals surface area contributed by atoms with E-state index in [1.54, 1.807) is 0 Å². The average molecular weight is 374 g/mol. The first-order chi connectivity index (χ1) is 10.5. The molecule has 134 valence electrons. The molecule has 1 aliphatic carbocycles. The third-order valence-corrected chi connectivity index (χ3v) is 8.74. The molecule has 0 saturated heterocycles. The number of esters is 1. The molecule has 9 heteroatoms. The van der Waals surface area contributed by atoms with Gasteiger partial charge in [0.25, 0.3) is 9.46 Å². The van der Waals surface area contributed by atoms with Crippen LogP contribution >= 0.6 is 7.78 Å². The third kappa shape index (κ3) is 6.07. The Labute approximate surface area is 136 Å². The molecule has 0 aromatic heterocycles. The predicted molar refractivity (Wildman–Crippen MR) is 84.1 cm³/mol. The van der Waals surface area contributed by atoms with Crippen molar-refractivity contribution in [3.8, 4) is 0 Å². The summed E-state index contributed by atoms with van der Waals surface area (Å²) < 4.78 is 66.4. The molecule has 0 N–H and O–H groups in total. The highest BCUT2D eigenvalue weighted by atomic mass is 32.8. The first kappa shape index (κ1) is 20.4. The molecule has 0 aliphatic heterocycles. The summed E-state index contributed by atoms with van der Waals surface area (Å²) in [5.74, 6) is -0.615. The lowest BCUT2D eigenvalue weighted by molar-refractivity contribution is -0.139. The number of ether oxygens (including phenoxy) is 1. The van der Waals surface area contributed by atoms with Gasteiger partial charge < -0.3 is 4.74 Å². The first-order valence-corrected chi connectivity index (χ1v) is 10.6. The lowest BCUT2D eigenvalue weighted by atomic mass is 9.95. The molecule has 1 aliphatic rings. The van der Waals surface area contributed by atoms with Crippen LogP contribution < -0.4 is 0 Å². The maximum Gasteiger partial charge on any atom is 0.500 e. The Hall–Kier alpha value is -0.620. The molecule has 0 spiro atoms.